The first-order valence-electron chi connectivity index (χ1n) is 9.77. The summed E-state index contributed by atoms with van der Waals surface area (Å²) >= 11 is 6.27. The molecule has 29 heavy (non-hydrogen) atoms. The molecule has 5 atom stereocenters. The lowest BCUT2D eigenvalue weighted by Crippen LogP contribution is -2.99. The van der Waals surface area contributed by atoms with Crippen LogP contribution < -0.4 is 15.7 Å². The van der Waals surface area contributed by atoms with Gasteiger partial charge in [-0.05, 0) is 31.9 Å². The van der Waals surface area contributed by atoms with E-state index in [1.54, 1.807) is 30.4 Å². The van der Waals surface area contributed by atoms with E-state index in [-0.39, 0.29) is 30.7 Å². The van der Waals surface area contributed by atoms with E-state index in [1.165, 1.54) is 4.90 Å². The highest BCUT2D eigenvalue weighted by atomic mass is 35.5. The first-order chi connectivity index (χ1) is 13.7. The molecule has 3 amide bonds. The molecule has 9 heteroatoms. The number of nitrogens with one attached hydrogen (secondary N) is 1. The van der Waals surface area contributed by atoms with Crippen LogP contribution in [0.2, 0.25) is 5.02 Å². The lowest BCUT2D eigenvalue weighted by Gasteiger charge is -2.28. The summed E-state index contributed by atoms with van der Waals surface area (Å²) < 4.78 is 0. The zero-order valence-electron chi connectivity index (χ0n) is 16.1. The summed E-state index contributed by atoms with van der Waals surface area (Å²) in [6, 6.07) is 4.25. The first kappa shape index (κ1) is 19.8. The highest BCUT2D eigenvalue weighted by Gasteiger charge is 2.74. The molecule has 2 saturated heterocycles. The van der Waals surface area contributed by atoms with Crippen molar-refractivity contribution in [2.45, 2.75) is 50.7 Å². The fourth-order valence-electron chi connectivity index (χ4n) is 5.14. The van der Waals surface area contributed by atoms with Gasteiger partial charge in [0, 0.05) is 24.0 Å². The molecule has 0 aromatic heterocycles. The summed E-state index contributed by atoms with van der Waals surface area (Å²) in [5.74, 6) is -4.04. The molecule has 3 N–H and O–H groups in total. The number of aliphatic carboxylic acids is 1. The van der Waals surface area contributed by atoms with Crippen LogP contribution in [-0.4, -0.2) is 40.7 Å². The molecular formula is C20H22ClN3O5. The second kappa shape index (κ2) is 6.81. The molecule has 8 nitrogen and oxygen atoms in total. The maximum atomic E-state index is 13.4. The van der Waals surface area contributed by atoms with Crippen molar-refractivity contribution in [2.75, 3.05) is 5.32 Å². The maximum absolute atomic E-state index is 13.4. The lowest BCUT2D eigenvalue weighted by molar-refractivity contribution is -0.734. The molecular weight excluding hydrogens is 398 g/mol. The number of amides is 3. The zero-order chi connectivity index (χ0) is 21.1. The minimum absolute atomic E-state index is 0.127. The Morgan fingerprint density at radius 3 is 2.72 bits per heavy atom. The van der Waals surface area contributed by atoms with E-state index in [2.05, 4.69) is 5.32 Å². The Labute approximate surface area is 172 Å². The van der Waals surface area contributed by atoms with Gasteiger partial charge in [-0.15, -0.1) is 0 Å². The Kier molecular flexibility index (Phi) is 4.66. The van der Waals surface area contributed by atoms with Gasteiger partial charge in [0.15, 0.2) is 0 Å². The van der Waals surface area contributed by atoms with E-state index in [9.17, 15) is 24.3 Å². The summed E-state index contributed by atoms with van der Waals surface area (Å²) in [5.41, 5.74) is -0.332. The Morgan fingerprint density at radius 2 is 2.07 bits per heavy atom. The van der Waals surface area contributed by atoms with Gasteiger partial charge in [0.1, 0.15) is 17.9 Å². The van der Waals surface area contributed by atoms with E-state index < -0.39 is 35.3 Å². The number of anilines is 1. The van der Waals surface area contributed by atoms with Crippen molar-refractivity contribution in [3.63, 3.8) is 0 Å². The van der Waals surface area contributed by atoms with Crippen LogP contribution in [0.1, 0.15) is 38.7 Å². The number of quaternary nitrogens is 1. The second-order valence-electron chi connectivity index (χ2n) is 8.03. The van der Waals surface area contributed by atoms with Crippen LogP contribution in [0.15, 0.2) is 18.2 Å². The molecule has 1 aromatic carbocycles. The van der Waals surface area contributed by atoms with Crippen molar-refractivity contribution < 1.29 is 29.6 Å². The van der Waals surface area contributed by atoms with Gasteiger partial charge in [-0.3, -0.25) is 19.3 Å². The van der Waals surface area contributed by atoms with Crippen LogP contribution in [0.4, 0.5) is 5.69 Å². The minimum Gasteiger partial charge on any atom is -0.550 e. The van der Waals surface area contributed by atoms with Gasteiger partial charge in [-0.1, -0.05) is 24.6 Å². The number of para-hydroxylation sites is 1. The van der Waals surface area contributed by atoms with Crippen molar-refractivity contribution in [2.24, 2.45) is 11.8 Å². The molecule has 154 valence electrons. The largest absolute Gasteiger partial charge is 0.550 e. The number of halogens is 1. The molecule has 0 unspecified atom stereocenters. The van der Waals surface area contributed by atoms with E-state index >= 15 is 0 Å². The summed E-state index contributed by atoms with van der Waals surface area (Å²) in [5, 5.41) is 15.9. The van der Waals surface area contributed by atoms with Gasteiger partial charge in [0.05, 0.1) is 10.7 Å². The molecule has 1 spiro atoms. The Morgan fingerprint density at radius 1 is 1.34 bits per heavy atom. The zero-order valence-corrected chi connectivity index (χ0v) is 16.9. The van der Waals surface area contributed by atoms with Gasteiger partial charge in [0.25, 0.3) is 5.91 Å². The number of rotatable bonds is 5. The highest BCUT2D eigenvalue weighted by Crippen LogP contribution is 2.51. The number of benzene rings is 1. The quantitative estimate of drug-likeness (QED) is 0.615. The number of imide groups is 1. The number of hydrogen-bond donors (Lipinski definition) is 2. The van der Waals surface area contributed by atoms with Gasteiger partial charge < -0.3 is 20.5 Å². The summed E-state index contributed by atoms with van der Waals surface area (Å²) in [6.45, 7) is 3.68. The smallest absolute Gasteiger partial charge is 0.291 e. The number of carbonyl (C=O) groups excluding carboxylic acids is 4. The van der Waals surface area contributed by atoms with Crippen molar-refractivity contribution in [3.8, 4) is 0 Å². The molecule has 0 radical (unpaired) electrons. The van der Waals surface area contributed by atoms with Crippen LogP contribution in [0.5, 0.6) is 0 Å². The third-order valence-electron chi connectivity index (χ3n) is 6.60. The monoisotopic (exact) mass is 419 g/mol. The Bertz CT molecular complexity index is 935. The van der Waals surface area contributed by atoms with Crippen molar-refractivity contribution in [1.29, 1.82) is 0 Å². The number of carboxylic acid groups (broad SMARTS) is 1. The predicted octanol–water partition coefficient (Wildman–Crippen LogP) is -0.637. The standard InChI is InChI=1S/C20H22ClN3O5/c1-3-9(2)24-17(27)14-12(7-8-13(25)26)23-20(15(14)18(24)28)10-5-4-6-11(21)16(10)22-19(20)29/h4-6,9,12,14-15,23H,3,7-8H2,1-2H3,(H,22,29)(H,25,26)/t9-,12+,14-,15+,20-/m1/s1. The van der Waals surface area contributed by atoms with E-state index in [1.807, 2.05) is 6.92 Å². The molecule has 3 aliphatic rings. The van der Waals surface area contributed by atoms with Gasteiger partial charge in [0.2, 0.25) is 17.4 Å². The molecule has 0 saturated carbocycles. The normalized spacial score (nSPS) is 31.2. The van der Waals surface area contributed by atoms with Crippen molar-refractivity contribution in [1.82, 2.24) is 4.90 Å². The van der Waals surface area contributed by atoms with Crippen LogP contribution in [-0.2, 0) is 24.7 Å². The van der Waals surface area contributed by atoms with Crippen LogP contribution in [0, 0.1) is 11.8 Å². The van der Waals surface area contributed by atoms with E-state index in [0.717, 1.165) is 0 Å². The fourth-order valence-corrected chi connectivity index (χ4v) is 5.36. The first-order valence-corrected chi connectivity index (χ1v) is 10.1. The van der Waals surface area contributed by atoms with E-state index in [0.29, 0.717) is 22.7 Å². The van der Waals surface area contributed by atoms with Gasteiger partial charge in [-0.25, -0.2) is 0 Å². The number of carbonyl (C=O) groups is 4. The molecule has 4 rings (SSSR count). The summed E-state index contributed by atoms with van der Waals surface area (Å²) in [4.78, 5) is 52.2. The second-order valence-corrected chi connectivity index (χ2v) is 8.44. The van der Waals surface area contributed by atoms with E-state index in [4.69, 9.17) is 11.6 Å². The van der Waals surface area contributed by atoms with Crippen LogP contribution in [0.25, 0.3) is 0 Å². The average Bonchev–Trinajstić information content (AvgIpc) is 3.26. The number of hydrogen-bond acceptors (Lipinski definition) is 5. The van der Waals surface area contributed by atoms with Crippen LogP contribution in [0.3, 0.4) is 0 Å². The minimum atomic E-state index is -1.34. The maximum Gasteiger partial charge on any atom is 0.291 e. The SMILES string of the molecule is CC[C@@H](C)N1C(=O)[C@@H]2[C@H](CCC(=O)[O-])[NH2+][C@@]3(C(=O)Nc4c(Cl)cccc43)[C@@H]2C1=O. The Hall–Kier alpha value is -2.45. The number of nitrogens with two attached hydrogens (primary N) is 1. The van der Waals surface area contributed by atoms with Crippen molar-refractivity contribution >= 4 is 41.0 Å². The number of likely N-dealkylation sites (tertiary alicyclic amines) is 1. The Balaban J connectivity index is 1.86. The number of nitrogens with zero attached hydrogens (tertiary/aromatic N) is 1. The average molecular weight is 420 g/mol. The molecule has 3 aliphatic heterocycles. The van der Waals surface area contributed by atoms with Gasteiger partial charge >= 0.3 is 0 Å². The fraction of sp³-hybridized carbons (Fsp3) is 0.500. The molecule has 3 heterocycles. The summed E-state index contributed by atoms with van der Waals surface area (Å²) in [7, 11) is 0. The summed E-state index contributed by atoms with van der Waals surface area (Å²) in [6.07, 6.45) is 0.461. The van der Waals surface area contributed by atoms with Crippen molar-refractivity contribution in [3.05, 3.63) is 28.8 Å². The van der Waals surface area contributed by atoms with Crippen LogP contribution >= 0.6 is 11.6 Å². The molecule has 2 fully saturated rings. The number of fused-ring (bicyclic) bond motifs is 4. The molecule has 1 aromatic rings. The molecule has 0 bridgehead atoms. The third-order valence-corrected chi connectivity index (χ3v) is 6.92. The predicted molar refractivity (Wildman–Crippen MR) is 100 cm³/mol. The highest BCUT2D eigenvalue weighted by molar-refractivity contribution is 6.35. The third kappa shape index (κ3) is 2.62. The topological polar surface area (TPSA) is 123 Å². The molecule has 0 aliphatic carbocycles. The van der Waals surface area contributed by atoms with Gasteiger partial charge in [-0.2, -0.15) is 0 Å². The number of carboxylic acids is 1. The lowest BCUT2D eigenvalue weighted by atomic mass is 9.76.